The standard InChI is InChI=1S/C11H21O/c1-4-6-8-11(7-5-2)10(3)9-12/h9-11H,2,4-8H2,1,3H3. The summed E-state index contributed by atoms with van der Waals surface area (Å²) < 4.78 is 0. The number of carbonyl (C=O) groups is 1. The second-order valence-electron chi connectivity index (χ2n) is 3.54. The van der Waals surface area contributed by atoms with Gasteiger partial charge in [-0.15, -0.1) is 0 Å². The van der Waals surface area contributed by atoms with Crippen molar-refractivity contribution in [3.8, 4) is 0 Å². The van der Waals surface area contributed by atoms with E-state index in [1.807, 2.05) is 6.92 Å². The van der Waals surface area contributed by atoms with E-state index in [2.05, 4.69) is 13.8 Å². The van der Waals surface area contributed by atoms with E-state index in [9.17, 15) is 4.79 Å². The first kappa shape index (κ1) is 11.7. The van der Waals surface area contributed by atoms with Gasteiger partial charge in [0, 0.05) is 5.92 Å². The second-order valence-corrected chi connectivity index (χ2v) is 3.54. The summed E-state index contributed by atoms with van der Waals surface area (Å²) in [5, 5.41) is 0. The van der Waals surface area contributed by atoms with Crippen LogP contribution >= 0.6 is 0 Å². The van der Waals surface area contributed by atoms with Gasteiger partial charge in [-0.25, -0.2) is 0 Å². The highest BCUT2D eigenvalue weighted by atomic mass is 16.1. The minimum Gasteiger partial charge on any atom is -0.303 e. The molecule has 0 saturated carbocycles. The van der Waals surface area contributed by atoms with Gasteiger partial charge < -0.3 is 4.79 Å². The van der Waals surface area contributed by atoms with E-state index < -0.39 is 0 Å². The fourth-order valence-corrected chi connectivity index (χ4v) is 1.51. The maximum absolute atomic E-state index is 10.6. The monoisotopic (exact) mass is 169 g/mol. The van der Waals surface area contributed by atoms with Gasteiger partial charge >= 0.3 is 0 Å². The van der Waals surface area contributed by atoms with Crippen LogP contribution in [0, 0.1) is 18.8 Å². The zero-order valence-corrected chi connectivity index (χ0v) is 8.38. The van der Waals surface area contributed by atoms with Gasteiger partial charge in [0.15, 0.2) is 0 Å². The number of rotatable bonds is 7. The predicted octanol–water partition coefficient (Wildman–Crippen LogP) is 3.24. The average Bonchev–Trinajstić information content (AvgIpc) is 2.11. The Morgan fingerprint density at radius 1 is 1.42 bits per heavy atom. The van der Waals surface area contributed by atoms with Crippen LogP contribution in [0.2, 0.25) is 0 Å². The van der Waals surface area contributed by atoms with Gasteiger partial charge in [0.2, 0.25) is 0 Å². The molecule has 0 spiro atoms. The van der Waals surface area contributed by atoms with Crippen LogP contribution < -0.4 is 0 Å². The molecular formula is C11H21O. The van der Waals surface area contributed by atoms with Crippen molar-refractivity contribution in [3.05, 3.63) is 6.92 Å². The third-order valence-electron chi connectivity index (χ3n) is 2.46. The number of carbonyl (C=O) groups excluding carboxylic acids is 1. The molecule has 0 N–H and O–H groups in total. The number of unbranched alkanes of at least 4 members (excludes halogenated alkanes) is 1. The molecule has 0 aliphatic carbocycles. The summed E-state index contributed by atoms with van der Waals surface area (Å²) in [6, 6.07) is 0. The summed E-state index contributed by atoms with van der Waals surface area (Å²) in [5.41, 5.74) is 0. The minimum atomic E-state index is 0.221. The minimum absolute atomic E-state index is 0.221. The molecule has 71 valence electrons. The van der Waals surface area contributed by atoms with Crippen molar-refractivity contribution in [2.75, 3.05) is 0 Å². The van der Waals surface area contributed by atoms with Crippen LogP contribution in [0.4, 0.5) is 0 Å². The molecule has 0 aromatic carbocycles. The molecule has 0 aliphatic rings. The Bertz CT molecular complexity index is 110. The Morgan fingerprint density at radius 3 is 2.50 bits per heavy atom. The summed E-state index contributed by atoms with van der Waals surface area (Å²) in [5.74, 6) is 0.790. The van der Waals surface area contributed by atoms with Gasteiger partial charge in [-0.05, 0) is 18.8 Å². The van der Waals surface area contributed by atoms with E-state index in [4.69, 9.17) is 0 Å². The summed E-state index contributed by atoms with van der Waals surface area (Å²) in [4.78, 5) is 10.6. The Morgan fingerprint density at radius 2 is 2.08 bits per heavy atom. The Hall–Kier alpha value is -0.330. The largest absolute Gasteiger partial charge is 0.303 e. The Kier molecular flexibility index (Phi) is 7.12. The van der Waals surface area contributed by atoms with Gasteiger partial charge in [-0.3, -0.25) is 0 Å². The van der Waals surface area contributed by atoms with Crippen LogP contribution in [0.3, 0.4) is 0 Å². The van der Waals surface area contributed by atoms with Gasteiger partial charge in [0.25, 0.3) is 0 Å². The number of hydrogen-bond acceptors (Lipinski definition) is 1. The molecule has 0 bridgehead atoms. The first-order valence-corrected chi connectivity index (χ1v) is 5.00. The lowest BCUT2D eigenvalue weighted by molar-refractivity contribution is -0.112. The first-order valence-electron chi connectivity index (χ1n) is 5.00. The highest BCUT2D eigenvalue weighted by Gasteiger charge is 2.14. The molecule has 0 aliphatic heterocycles. The maximum atomic E-state index is 10.6. The molecule has 0 amide bonds. The van der Waals surface area contributed by atoms with Crippen molar-refractivity contribution in [3.63, 3.8) is 0 Å². The lowest BCUT2D eigenvalue weighted by Crippen LogP contribution is -2.12. The van der Waals surface area contributed by atoms with Crippen LogP contribution in [0.1, 0.15) is 46.0 Å². The molecule has 1 nitrogen and oxygen atoms in total. The molecular weight excluding hydrogens is 148 g/mol. The van der Waals surface area contributed by atoms with Crippen molar-refractivity contribution in [1.82, 2.24) is 0 Å². The van der Waals surface area contributed by atoms with Crippen LogP contribution in [0.15, 0.2) is 0 Å². The summed E-state index contributed by atoms with van der Waals surface area (Å²) in [6.07, 6.45) is 6.77. The summed E-state index contributed by atoms with van der Waals surface area (Å²) >= 11 is 0. The molecule has 0 rings (SSSR count). The van der Waals surface area contributed by atoms with Crippen LogP contribution in [-0.4, -0.2) is 6.29 Å². The van der Waals surface area contributed by atoms with Crippen LogP contribution in [0.5, 0.6) is 0 Å². The second kappa shape index (κ2) is 7.33. The summed E-state index contributed by atoms with van der Waals surface area (Å²) in [7, 11) is 0. The van der Waals surface area contributed by atoms with Crippen LogP contribution in [-0.2, 0) is 4.79 Å². The molecule has 1 heteroatoms. The highest BCUT2D eigenvalue weighted by Crippen LogP contribution is 2.21. The van der Waals surface area contributed by atoms with Crippen molar-refractivity contribution in [2.45, 2.75) is 46.0 Å². The van der Waals surface area contributed by atoms with Crippen molar-refractivity contribution >= 4 is 6.29 Å². The zero-order chi connectivity index (χ0) is 9.40. The van der Waals surface area contributed by atoms with E-state index in [0.29, 0.717) is 5.92 Å². The quantitative estimate of drug-likeness (QED) is 0.535. The molecule has 0 aromatic rings. The molecule has 0 heterocycles. The molecule has 0 aromatic heterocycles. The lowest BCUT2D eigenvalue weighted by atomic mass is 9.87. The summed E-state index contributed by atoms with van der Waals surface area (Å²) in [6.45, 7) is 8.04. The molecule has 12 heavy (non-hydrogen) atoms. The molecule has 1 radical (unpaired) electrons. The topological polar surface area (TPSA) is 17.1 Å². The maximum Gasteiger partial charge on any atom is 0.123 e. The highest BCUT2D eigenvalue weighted by molar-refractivity contribution is 5.53. The third-order valence-corrected chi connectivity index (χ3v) is 2.46. The van der Waals surface area contributed by atoms with E-state index >= 15 is 0 Å². The van der Waals surface area contributed by atoms with Crippen molar-refractivity contribution in [1.29, 1.82) is 0 Å². The Balaban J connectivity index is 3.75. The molecule has 0 saturated heterocycles. The average molecular weight is 169 g/mol. The van der Waals surface area contributed by atoms with Gasteiger partial charge in [-0.1, -0.05) is 40.0 Å². The van der Waals surface area contributed by atoms with Crippen molar-refractivity contribution < 1.29 is 4.79 Å². The fraction of sp³-hybridized carbons (Fsp3) is 0.818. The fourth-order valence-electron chi connectivity index (χ4n) is 1.51. The predicted molar refractivity (Wildman–Crippen MR) is 52.8 cm³/mol. The van der Waals surface area contributed by atoms with Gasteiger partial charge in [0.05, 0.1) is 0 Å². The van der Waals surface area contributed by atoms with E-state index in [-0.39, 0.29) is 5.92 Å². The normalized spacial score (nSPS) is 15.6. The van der Waals surface area contributed by atoms with Crippen LogP contribution in [0.25, 0.3) is 0 Å². The number of aldehydes is 1. The Labute approximate surface area is 76.6 Å². The molecule has 0 fully saturated rings. The van der Waals surface area contributed by atoms with E-state index in [1.54, 1.807) is 0 Å². The lowest BCUT2D eigenvalue weighted by Gasteiger charge is -2.18. The zero-order valence-electron chi connectivity index (χ0n) is 8.38. The van der Waals surface area contributed by atoms with Gasteiger partial charge in [-0.2, -0.15) is 0 Å². The molecule has 2 unspecified atom stereocenters. The first-order chi connectivity index (χ1) is 5.76. The van der Waals surface area contributed by atoms with E-state index in [0.717, 1.165) is 19.1 Å². The van der Waals surface area contributed by atoms with E-state index in [1.165, 1.54) is 19.3 Å². The smallest absolute Gasteiger partial charge is 0.123 e. The molecule has 2 atom stereocenters. The number of hydrogen-bond donors (Lipinski definition) is 0. The SMILES string of the molecule is [CH2]CCC(CCCC)C(C)C=O. The third kappa shape index (κ3) is 4.53. The van der Waals surface area contributed by atoms with Crippen molar-refractivity contribution in [2.24, 2.45) is 11.8 Å². The van der Waals surface area contributed by atoms with Gasteiger partial charge in [0.1, 0.15) is 6.29 Å².